The van der Waals surface area contributed by atoms with E-state index in [-0.39, 0.29) is 11.9 Å². The number of ether oxygens (including phenoxy) is 3. The Morgan fingerprint density at radius 2 is 1.18 bits per heavy atom. The summed E-state index contributed by atoms with van der Waals surface area (Å²) in [5.41, 5.74) is 0. The van der Waals surface area contributed by atoms with Crippen LogP contribution < -0.4 is 0 Å². The Morgan fingerprint density at radius 1 is 0.765 bits per heavy atom. The van der Waals surface area contributed by atoms with Crippen LogP contribution in [0.25, 0.3) is 0 Å². The minimum Gasteiger partial charge on any atom is -0.469 e. The van der Waals surface area contributed by atoms with Crippen LogP contribution >= 0.6 is 0 Å². The first-order valence-corrected chi connectivity index (χ1v) is 5.92. The molecule has 0 aromatic carbocycles. The van der Waals surface area contributed by atoms with Crippen molar-refractivity contribution in [3.05, 3.63) is 0 Å². The van der Waals surface area contributed by atoms with Crippen LogP contribution in [0, 0.1) is 0 Å². The summed E-state index contributed by atoms with van der Waals surface area (Å²) >= 11 is 0. The zero-order valence-electron chi connectivity index (χ0n) is 10.7. The van der Waals surface area contributed by atoms with Crippen LogP contribution in [-0.4, -0.2) is 39.4 Å². The van der Waals surface area contributed by atoms with Gasteiger partial charge in [-0.1, -0.05) is 0 Å². The maximum absolute atomic E-state index is 10.8. The van der Waals surface area contributed by atoms with E-state index in [0.717, 1.165) is 25.7 Å². The third kappa shape index (κ3) is 11.2. The van der Waals surface area contributed by atoms with Gasteiger partial charge in [0.1, 0.15) is 0 Å². The second kappa shape index (κ2) is 11.4. The number of esters is 2. The van der Waals surface area contributed by atoms with Crippen molar-refractivity contribution in [2.75, 3.05) is 27.4 Å². The Kier molecular flexibility index (Phi) is 10.7. The summed E-state index contributed by atoms with van der Waals surface area (Å²) < 4.78 is 14.4. The molecule has 100 valence electrons. The number of methoxy groups -OCH3 is 2. The molecule has 0 aliphatic rings. The van der Waals surface area contributed by atoms with Crippen molar-refractivity contribution in [3.63, 3.8) is 0 Å². The Balaban J connectivity index is 3.08. The van der Waals surface area contributed by atoms with Crippen LogP contribution in [-0.2, 0) is 23.8 Å². The summed E-state index contributed by atoms with van der Waals surface area (Å²) in [5, 5.41) is 0. The topological polar surface area (TPSA) is 61.8 Å². The van der Waals surface area contributed by atoms with Crippen LogP contribution in [0.3, 0.4) is 0 Å². The van der Waals surface area contributed by atoms with Gasteiger partial charge in [-0.05, 0) is 25.7 Å². The van der Waals surface area contributed by atoms with Gasteiger partial charge in [0.05, 0.1) is 14.2 Å². The number of hydrogen-bond donors (Lipinski definition) is 0. The molecule has 0 aromatic rings. The van der Waals surface area contributed by atoms with Crippen LogP contribution in [0.1, 0.15) is 38.5 Å². The first kappa shape index (κ1) is 15.9. The van der Waals surface area contributed by atoms with Crippen molar-refractivity contribution >= 4 is 11.9 Å². The normalized spacial score (nSPS) is 10.0. The van der Waals surface area contributed by atoms with E-state index in [9.17, 15) is 9.59 Å². The molecule has 0 bridgehead atoms. The fraction of sp³-hybridized carbons (Fsp3) is 0.833. The third-order valence-electron chi connectivity index (χ3n) is 2.29. The second-order valence-corrected chi connectivity index (χ2v) is 3.68. The molecule has 0 rings (SSSR count). The van der Waals surface area contributed by atoms with Gasteiger partial charge in [0.2, 0.25) is 0 Å². The first-order valence-electron chi connectivity index (χ1n) is 5.92. The summed E-state index contributed by atoms with van der Waals surface area (Å²) in [6.07, 6.45) is 4.17. The first-order chi connectivity index (χ1) is 8.20. The van der Waals surface area contributed by atoms with Gasteiger partial charge in [-0.3, -0.25) is 9.59 Å². The van der Waals surface area contributed by atoms with E-state index in [1.807, 2.05) is 0 Å². The maximum Gasteiger partial charge on any atom is 0.305 e. The van der Waals surface area contributed by atoms with Crippen molar-refractivity contribution in [3.8, 4) is 0 Å². The highest BCUT2D eigenvalue weighted by molar-refractivity contribution is 5.69. The lowest BCUT2D eigenvalue weighted by molar-refractivity contribution is -0.141. The van der Waals surface area contributed by atoms with Gasteiger partial charge in [0.25, 0.3) is 0 Å². The second-order valence-electron chi connectivity index (χ2n) is 3.68. The monoisotopic (exact) mass is 246 g/mol. The molecule has 0 saturated heterocycles. The zero-order chi connectivity index (χ0) is 12.9. The largest absolute Gasteiger partial charge is 0.469 e. The highest BCUT2D eigenvalue weighted by atomic mass is 16.5. The number of rotatable bonds is 10. The van der Waals surface area contributed by atoms with E-state index < -0.39 is 0 Å². The number of unbranched alkanes of at least 4 members (excludes halogenated alkanes) is 2. The Bertz CT molecular complexity index is 193. The van der Waals surface area contributed by atoms with Gasteiger partial charge in [-0.25, -0.2) is 0 Å². The fourth-order valence-electron chi connectivity index (χ4n) is 1.25. The van der Waals surface area contributed by atoms with Crippen LogP contribution in [0.5, 0.6) is 0 Å². The number of hydrogen-bond acceptors (Lipinski definition) is 5. The minimum absolute atomic E-state index is 0.178. The standard InChI is InChI=1S/C12H22O5/c1-15-11(13)7-3-5-9-17-10-6-4-8-12(14)16-2/h3-10H2,1-2H3. The Hall–Kier alpha value is -1.10. The van der Waals surface area contributed by atoms with Crippen molar-refractivity contribution in [2.45, 2.75) is 38.5 Å². The zero-order valence-corrected chi connectivity index (χ0v) is 10.7. The van der Waals surface area contributed by atoms with Gasteiger partial charge in [-0.15, -0.1) is 0 Å². The lowest BCUT2D eigenvalue weighted by atomic mass is 10.2. The van der Waals surface area contributed by atoms with Gasteiger partial charge in [0.15, 0.2) is 0 Å². The van der Waals surface area contributed by atoms with Crippen LogP contribution in [0.15, 0.2) is 0 Å². The molecule has 0 radical (unpaired) electrons. The number of carbonyl (C=O) groups is 2. The molecule has 5 nitrogen and oxygen atoms in total. The third-order valence-corrected chi connectivity index (χ3v) is 2.29. The molecule has 0 aliphatic carbocycles. The SMILES string of the molecule is COC(=O)CCCCOCCCCC(=O)OC. The average Bonchev–Trinajstić information content (AvgIpc) is 2.35. The summed E-state index contributed by atoms with van der Waals surface area (Å²) in [7, 11) is 2.78. The van der Waals surface area contributed by atoms with Gasteiger partial charge in [0, 0.05) is 26.1 Å². The molecule has 5 heteroatoms. The smallest absolute Gasteiger partial charge is 0.305 e. The number of carbonyl (C=O) groups excluding carboxylic acids is 2. The highest BCUT2D eigenvalue weighted by Crippen LogP contribution is 2.00. The van der Waals surface area contributed by atoms with E-state index >= 15 is 0 Å². The van der Waals surface area contributed by atoms with E-state index in [4.69, 9.17) is 4.74 Å². The van der Waals surface area contributed by atoms with E-state index in [1.165, 1.54) is 14.2 Å². The molecule has 17 heavy (non-hydrogen) atoms. The fourth-order valence-corrected chi connectivity index (χ4v) is 1.25. The lowest BCUT2D eigenvalue weighted by Gasteiger charge is -2.03. The predicted octanol–water partition coefficient (Wildman–Crippen LogP) is 1.69. The summed E-state index contributed by atoms with van der Waals surface area (Å²) in [5.74, 6) is -0.355. The Labute approximate surface area is 102 Å². The average molecular weight is 246 g/mol. The molecule has 0 saturated carbocycles. The minimum atomic E-state index is -0.178. The molecule has 0 atom stereocenters. The van der Waals surface area contributed by atoms with E-state index in [0.29, 0.717) is 26.1 Å². The van der Waals surface area contributed by atoms with Crippen molar-refractivity contribution in [2.24, 2.45) is 0 Å². The van der Waals surface area contributed by atoms with Crippen molar-refractivity contribution < 1.29 is 23.8 Å². The lowest BCUT2D eigenvalue weighted by Crippen LogP contribution is -2.03. The molecular weight excluding hydrogens is 224 g/mol. The Morgan fingerprint density at radius 3 is 1.53 bits per heavy atom. The molecule has 0 amide bonds. The van der Waals surface area contributed by atoms with Gasteiger partial charge >= 0.3 is 11.9 Å². The molecular formula is C12H22O5. The van der Waals surface area contributed by atoms with Crippen molar-refractivity contribution in [1.29, 1.82) is 0 Å². The molecule has 0 aliphatic heterocycles. The molecule has 0 aromatic heterocycles. The molecule has 0 N–H and O–H groups in total. The molecule has 0 unspecified atom stereocenters. The van der Waals surface area contributed by atoms with E-state index in [1.54, 1.807) is 0 Å². The highest BCUT2D eigenvalue weighted by Gasteiger charge is 2.00. The summed E-state index contributed by atoms with van der Waals surface area (Å²) in [6.45, 7) is 1.30. The predicted molar refractivity (Wildman–Crippen MR) is 62.6 cm³/mol. The van der Waals surface area contributed by atoms with Crippen LogP contribution in [0.2, 0.25) is 0 Å². The van der Waals surface area contributed by atoms with Gasteiger partial charge in [-0.2, -0.15) is 0 Å². The molecule has 0 spiro atoms. The molecule has 0 fully saturated rings. The van der Waals surface area contributed by atoms with E-state index in [2.05, 4.69) is 9.47 Å². The summed E-state index contributed by atoms with van der Waals surface area (Å²) in [4.78, 5) is 21.5. The quantitative estimate of drug-likeness (QED) is 0.433. The van der Waals surface area contributed by atoms with Crippen molar-refractivity contribution in [1.82, 2.24) is 0 Å². The van der Waals surface area contributed by atoms with Crippen LogP contribution in [0.4, 0.5) is 0 Å². The summed E-state index contributed by atoms with van der Waals surface area (Å²) in [6, 6.07) is 0. The molecule has 0 heterocycles. The maximum atomic E-state index is 10.8. The van der Waals surface area contributed by atoms with Gasteiger partial charge < -0.3 is 14.2 Å².